The topological polar surface area (TPSA) is 86.8 Å². The third kappa shape index (κ3) is 7.32. The monoisotopic (exact) mass is 527 g/mol. The third-order valence-electron chi connectivity index (χ3n) is 5.64. The first kappa shape index (κ1) is 27.2. The van der Waals surface area contributed by atoms with Crippen LogP contribution in [0.3, 0.4) is 0 Å². The normalized spacial score (nSPS) is 12.0. The molecule has 3 aromatic carbocycles. The molecule has 7 nitrogen and oxygen atoms in total. The molecule has 0 aromatic heterocycles. The second kappa shape index (κ2) is 12.6. The molecule has 0 saturated heterocycles. The second-order valence-corrected chi connectivity index (χ2v) is 10.6. The number of halogens is 1. The van der Waals surface area contributed by atoms with Gasteiger partial charge < -0.3 is 10.2 Å². The molecule has 0 radical (unpaired) electrons. The van der Waals surface area contributed by atoms with E-state index in [-0.39, 0.29) is 18.9 Å². The lowest BCUT2D eigenvalue weighted by Crippen LogP contribution is -2.53. The van der Waals surface area contributed by atoms with Crippen molar-refractivity contribution in [2.45, 2.75) is 25.9 Å². The smallest absolute Gasteiger partial charge is 0.244 e. The van der Waals surface area contributed by atoms with Crippen molar-refractivity contribution in [3.05, 3.63) is 101 Å². The molecule has 190 valence electrons. The lowest BCUT2D eigenvalue weighted by atomic mass is 10.0. The third-order valence-corrected chi connectivity index (χ3v) is 7.15. The van der Waals surface area contributed by atoms with Gasteiger partial charge in [0.05, 0.1) is 11.9 Å². The largest absolute Gasteiger partial charge is 0.355 e. The van der Waals surface area contributed by atoms with Gasteiger partial charge in [0.15, 0.2) is 0 Å². The Morgan fingerprint density at radius 3 is 2.08 bits per heavy atom. The Bertz CT molecular complexity index is 1270. The predicted octanol–water partition coefficient (Wildman–Crippen LogP) is 3.88. The fraction of sp³-hybridized carbons (Fsp3) is 0.259. The van der Waals surface area contributed by atoms with Crippen LogP contribution in [-0.4, -0.2) is 50.5 Å². The number of nitrogens with one attached hydrogen (secondary N) is 1. The molecular formula is C27H30ClN3O4S. The first-order valence-corrected chi connectivity index (χ1v) is 13.8. The number of carbonyl (C=O) groups is 2. The van der Waals surface area contributed by atoms with E-state index in [0.717, 1.165) is 16.1 Å². The van der Waals surface area contributed by atoms with Crippen molar-refractivity contribution in [3.63, 3.8) is 0 Å². The van der Waals surface area contributed by atoms with Gasteiger partial charge in [0.25, 0.3) is 0 Å². The van der Waals surface area contributed by atoms with Gasteiger partial charge in [-0.05, 0) is 36.2 Å². The Hall–Kier alpha value is -3.36. The van der Waals surface area contributed by atoms with Gasteiger partial charge in [-0.15, -0.1) is 0 Å². The Morgan fingerprint density at radius 2 is 1.50 bits per heavy atom. The molecule has 1 atom stereocenters. The Kier molecular flexibility index (Phi) is 9.50. The van der Waals surface area contributed by atoms with E-state index >= 15 is 0 Å². The SMILES string of the molecule is CCNC(=O)[C@@H](Cc1ccccc1)N(Cc1ccccc1Cl)C(=O)CN(c1ccccc1)S(C)(=O)=O. The number of amides is 2. The summed E-state index contributed by atoms with van der Waals surface area (Å²) in [6.45, 7) is 1.77. The van der Waals surface area contributed by atoms with Crippen molar-refractivity contribution in [1.29, 1.82) is 0 Å². The number of sulfonamides is 1. The summed E-state index contributed by atoms with van der Waals surface area (Å²) in [5.41, 5.74) is 1.89. The van der Waals surface area contributed by atoms with Crippen LogP contribution in [0.4, 0.5) is 5.69 Å². The number of likely N-dealkylation sites (N-methyl/N-ethyl adjacent to an activating group) is 1. The zero-order valence-corrected chi connectivity index (χ0v) is 21.9. The molecule has 0 bridgehead atoms. The predicted molar refractivity (Wildman–Crippen MR) is 143 cm³/mol. The first-order chi connectivity index (χ1) is 17.2. The van der Waals surface area contributed by atoms with Gasteiger partial charge in [-0.1, -0.05) is 78.3 Å². The molecule has 3 aromatic rings. The van der Waals surface area contributed by atoms with E-state index < -0.39 is 28.5 Å². The van der Waals surface area contributed by atoms with E-state index in [2.05, 4.69) is 5.32 Å². The average Bonchev–Trinajstić information content (AvgIpc) is 2.86. The van der Waals surface area contributed by atoms with Crippen LogP contribution in [0, 0.1) is 0 Å². The summed E-state index contributed by atoms with van der Waals surface area (Å²) in [5.74, 6) is -0.844. The fourth-order valence-electron chi connectivity index (χ4n) is 3.86. The molecule has 9 heteroatoms. The number of hydrogen-bond donors (Lipinski definition) is 1. The van der Waals surface area contributed by atoms with E-state index in [9.17, 15) is 18.0 Å². The van der Waals surface area contributed by atoms with Crippen molar-refractivity contribution in [2.75, 3.05) is 23.7 Å². The van der Waals surface area contributed by atoms with Gasteiger partial charge in [-0.3, -0.25) is 13.9 Å². The van der Waals surface area contributed by atoms with Crippen LogP contribution in [0.2, 0.25) is 5.02 Å². The van der Waals surface area contributed by atoms with E-state index in [1.807, 2.05) is 30.3 Å². The number of nitrogens with zero attached hydrogens (tertiary/aromatic N) is 2. The molecule has 0 aliphatic heterocycles. The zero-order valence-electron chi connectivity index (χ0n) is 20.3. The minimum atomic E-state index is -3.78. The van der Waals surface area contributed by atoms with E-state index in [4.69, 9.17) is 11.6 Å². The summed E-state index contributed by atoms with van der Waals surface area (Å²) in [7, 11) is -3.78. The molecule has 0 unspecified atom stereocenters. The average molecular weight is 528 g/mol. The van der Waals surface area contributed by atoms with E-state index in [1.54, 1.807) is 61.5 Å². The molecule has 0 aliphatic carbocycles. The first-order valence-electron chi connectivity index (χ1n) is 11.6. The standard InChI is InChI=1S/C27H30ClN3O4S/c1-3-29-27(33)25(18-21-12-6-4-7-13-21)30(19-22-14-10-11-17-24(22)28)26(32)20-31(36(2,34)35)23-15-8-5-9-16-23/h4-17,25H,3,18-20H2,1-2H3,(H,29,33)/t25-/m1/s1. The molecular weight excluding hydrogens is 498 g/mol. The van der Waals surface area contributed by atoms with Crippen LogP contribution < -0.4 is 9.62 Å². The minimum absolute atomic E-state index is 0.0412. The highest BCUT2D eigenvalue weighted by Gasteiger charge is 2.33. The second-order valence-electron chi connectivity index (χ2n) is 8.32. The maximum absolute atomic E-state index is 13.8. The van der Waals surface area contributed by atoms with Crippen molar-refractivity contribution in [1.82, 2.24) is 10.2 Å². The summed E-state index contributed by atoms with van der Waals surface area (Å²) in [4.78, 5) is 28.5. The van der Waals surface area contributed by atoms with Gasteiger partial charge in [0.2, 0.25) is 21.8 Å². The van der Waals surface area contributed by atoms with Crippen LogP contribution in [0.25, 0.3) is 0 Å². The van der Waals surface area contributed by atoms with Crippen LogP contribution in [0.1, 0.15) is 18.1 Å². The highest BCUT2D eigenvalue weighted by atomic mass is 35.5. The summed E-state index contributed by atoms with van der Waals surface area (Å²) in [6.07, 6.45) is 1.31. The maximum Gasteiger partial charge on any atom is 0.244 e. The van der Waals surface area contributed by atoms with Gasteiger partial charge in [0.1, 0.15) is 12.6 Å². The minimum Gasteiger partial charge on any atom is -0.355 e. The van der Waals surface area contributed by atoms with Crippen molar-refractivity contribution in [2.24, 2.45) is 0 Å². The number of para-hydroxylation sites is 1. The van der Waals surface area contributed by atoms with Crippen molar-refractivity contribution < 1.29 is 18.0 Å². The molecule has 1 N–H and O–H groups in total. The lowest BCUT2D eigenvalue weighted by Gasteiger charge is -2.33. The maximum atomic E-state index is 13.8. The Morgan fingerprint density at radius 1 is 0.917 bits per heavy atom. The van der Waals surface area contributed by atoms with Crippen molar-refractivity contribution in [3.8, 4) is 0 Å². The molecule has 0 heterocycles. The number of benzene rings is 3. The highest BCUT2D eigenvalue weighted by molar-refractivity contribution is 7.92. The van der Waals surface area contributed by atoms with Gasteiger partial charge in [0, 0.05) is 24.5 Å². The van der Waals surface area contributed by atoms with Gasteiger partial charge in [-0.25, -0.2) is 8.42 Å². The van der Waals surface area contributed by atoms with Crippen LogP contribution in [0.5, 0.6) is 0 Å². The molecule has 0 aliphatic rings. The van der Waals surface area contributed by atoms with E-state index in [0.29, 0.717) is 22.8 Å². The molecule has 36 heavy (non-hydrogen) atoms. The molecule has 0 spiro atoms. The quantitative estimate of drug-likeness (QED) is 0.410. The number of anilines is 1. The molecule has 0 saturated carbocycles. The lowest BCUT2D eigenvalue weighted by molar-refractivity contribution is -0.140. The van der Waals surface area contributed by atoms with Gasteiger partial charge >= 0.3 is 0 Å². The summed E-state index contributed by atoms with van der Waals surface area (Å²) < 4.78 is 26.4. The molecule has 3 rings (SSSR count). The summed E-state index contributed by atoms with van der Waals surface area (Å²) >= 11 is 6.41. The zero-order chi connectivity index (χ0) is 26.1. The Balaban J connectivity index is 2.03. The molecule has 2 amide bonds. The Labute approximate surface area is 217 Å². The number of hydrogen-bond acceptors (Lipinski definition) is 4. The summed E-state index contributed by atoms with van der Waals surface area (Å²) in [6, 6.07) is 24.0. The summed E-state index contributed by atoms with van der Waals surface area (Å²) in [5, 5.41) is 3.27. The fourth-order valence-corrected chi connectivity index (χ4v) is 4.91. The molecule has 0 fully saturated rings. The number of carbonyl (C=O) groups excluding carboxylic acids is 2. The van der Waals surface area contributed by atoms with Gasteiger partial charge in [-0.2, -0.15) is 0 Å². The van der Waals surface area contributed by atoms with E-state index in [1.165, 1.54) is 4.90 Å². The van der Waals surface area contributed by atoms with Crippen LogP contribution in [0.15, 0.2) is 84.9 Å². The van der Waals surface area contributed by atoms with Crippen LogP contribution >= 0.6 is 11.6 Å². The number of rotatable bonds is 11. The van der Waals surface area contributed by atoms with Crippen LogP contribution in [-0.2, 0) is 32.6 Å². The highest BCUT2D eigenvalue weighted by Crippen LogP contribution is 2.22. The van der Waals surface area contributed by atoms with Crippen molar-refractivity contribution >= 4 is 39.1 Å².